The largest absolute Gasteiger partial charge is 0.394 e. The van der Waals surface area contributed by atoms with E-state index in [1.807, 2.05) is 4.90 Å². The zero-order valence-corrected chi connectivity index (χ0v) is 22.1. The van der Waals surface area contributed by atoms with Crippen LogP contribution in [0.2, 0.25) is 10.2 Å². The van der Waals surface area contributed by atoms with E-state index in [1.54, 1.807) is 12.3 Å². The SMILES string of the molecule is C[C@H]1CC2(CCN(c3ncc(Sc4cc(Cl)nc(N5CCCC5CO)c4Cl)nc3CO)CC2)CO1. The average molecular weight is 541 g/mol. The summed E-state index contributed by atoms with van der Waals surface area (Å²) in [6.45, 7) is 5.36. The number of hydrogen-bond donors (Lipinski definition) is 2. The van der Waals surface area contributed by atoms with Crippen LogP contribution in [0.3, 0.4) is 0 Å². The van der Waals surface area contributed by atoms with Crippen LogP contribution in [0.15, 0.2) is 22.2 Å². The molecule has 3 fully saturated rings. The zero-order chi connectivity index (χ0) is 24.6. The van der Waals surface area contributed by atoms with Crippen molar-refractivity contribution in [3.63, 3.8) is 0 Å². The molecule has 2 N–H and O–H groups in total. The fourth-order valence-electron chi connectivity index (χ4n) is 5.56. The molecule has 2 atom stereocenters. The van der Waals surface area contributed by atoms with Gasteiger partial charge in [-0.2, -0.15) is 0 Å². The quantitative estimate of drug-likeness (QED) is 0.524. The van der Waals surface area contributed by atoms with E-state index in [0.717, 1.165) is 64.2 Å². The predicted octanol–water partition coefficient (Wildman–Crippen LogP) is 4.18. The molecular weight excluding hydrogens is 509 g/mol. The molecule has 35 heavy (non-hydrogen) atoms. The van der Waals surface area contributed by atoms with Crippen molar-refractivity contribution in [2.45, 2.75) is 67.7 Å². The number of hydrogen-bond acceptors (Lipinski definition) is 9. The van der Waals surface area contributed by atoms with Crippen LogP contribution >= 0.6 is 35.0 Å². The molecule has 3 aliphatic heterocycles. The molecule has 1 spiro atoms. The topological polar surface area (TPSA) is 94.8 Å². The third-order valence-electron chi connectivity index (χ3n) is 7.42. The summed E-state index contributed by atoms with van der Waals surface area (Å²) in [5.41, 5.74) is 0.830. The highest BCUT2D eigenvalue weighted by Crippen LogP contribution is 2.44. The number of rotatable bonds is 6. The lowest BCUT2D eigenvalue weighted by Crippen LogP contribution is -2.41. The van der Waals surface area contributed by atoms with Crippen molar-refractivity contribution in [3.05, 3.63) is 28.1 Å². The lowest BCUT2D eigenvalue weighted by atomic mass is 9.77. The minimum Gasteiger partial charge on any atom is -0.394 e. The third-order valence-corrected chi connectivity index (χ3v) is 9.04. The molecule has 5 heterocycles. The van der Waals surface area contributed by atoms with Gasteiger partial charge in [0.2, 0.25) is 0 Å². The third kappa shape index (κ3) is 5.22. The Morgan fingerprint density at radius 3 is 2.66 bits per heavy atom. The van der Waals surface area contributed by atoms with E-state index >= 15 is 0 Å². The van der Waals surface area contributed by atoms with Gasteiger partial charge in [-0.05, 0) is 50.5 Å². The monoisotopic (exact) mass is 539 g/mol. The summed E-state index contributed by atoms with van der Waals surface area (Å²) in [6.07, 6.45) is 7.14. The number of aliphatic hydroxyl groups excluding tert-OH is 2. The molecule has 2 aromatic heterocycles. The van der Waals surface area contributed by atoms with Gasteiger partial charge < -0.3 is 24.7 Å². The van der Waals surface area contributed by atoms with Crippen molar-refractivity contribution in [2.24, 2.45) is 5.41 Å². The molecule has 0 bridgehead atoms. The van der Waals surface area contributed by atoms with E-state index < -0.39 is 0 Å². The molecular formula is C24H31Cl2N5O3S. The molecule has 3 saturated heterocycles. The van der Waals surface area contributed by atoms with Gasteiger partial charge in [-0.1, -0.05) is 35.0 Å². The van der Waals surface area contributed by atoms with Crippen molar-refractivity contribution in [2.75, 3.05) is 42.6 Å². The number of piperidine rings is 1. The Morgan fingerprint density at radius 2 is 1.97 bits per heavy atom. The van der Waals surface area contributed by atoms with Crippen LogP contribution in [0, 0.1) is 5.41 Å². The summed E-state index contributed by atoms with van der Waals surface area (Å²) in [4.78, 5) is 18.8. The van der Waals surface area contributed by atoms with Gasteiger partial charge in [0, 0.05) is 24.5 Å². The van der Waals surface area contributed by atoms with Crippen molar-refractivity contribution < 1.29 is 14.9 Å². The van der Waals surface area contributed by atoms with Crippen LogP contribution in [0.4, 0.5) is 11.6 Å². The Morgan fingerprint density at radius 1 is 1.17 bits per heavy atom. The maximum atomic E-state index is 10.1. The van der Waals surface area contributed by atoms with Gasteiger partial charge in [0.25, 0.3) is 0 Å². The summed E-state index contributed by atoms with van der Waals surface area (Å²) < 4.78 is 5.85. The van der Waals surface area contributed by atoms with Gasteiger partial charge in [-0.3, -0.25) is 0 Å². The Hall–Kier alpha value is -1.36. The molecule has 0 aromatic carbocycles. The van der Waals surface area contributed by atoms with Crippen molar-refractivity contribution in [1.82, 2.24) is 15.0 Å². The molecule has 3 aliphatic rings. The Bertz CT molecular complexity index is 1070. The Balaban J connectivity index is 1.34. The maximum Gasteiger partial charge on any atom is 0.152 e. The summed E-state index contributed by atoms with van der Waals surface area (Å²) in [5, 5.41) is 21.2. The lowest BCUT2D eigenvalue weighted by Gasteiger charge is -2.39. The van der Waals surface area contributed by atoms with Crippen molar-refractivity contribution >= 4 is 46.6 Å². The van der Waals surface area contributed by atoms with Crippen LogP contribution < -0.4 is 9.80 Å². The first-order valence-electron chi connectivity index (χ1n) is 12.2. The van der Waals surface area contributed by atoms with Crippen LogP contribution in [0.25, 0.3) is 0 Å². The molecule has 0 aliphatic carbocycles. The van der Waals surface area contributed by atoms with Crippen molar-refractivity contribution in [1.29, 1.82) is 0 Å². The van der Waals surface area contributed by atoms with Gasteiger partial charge in [0.1, 0.15) is 15.9 Å². The van der Waals surface area contributed by atoms with Crippen LogP contribution in [0.5, 0.6) is 0 Å². The minimum atomic E-state index is -0.194. The molecule has 5 rings (SSSR count). The standard InChI is InChI=1S/C24H31Cl2N5O3S/c1-15-10-24(14-34-15)4-7-30(8-5-24)22-17(13-33)28-20(11-27-22)35-18-9-19(25)29-23(21(18)26)31-6-2-3-16(31)12-32/h9,11,15-16,32-33H,2-8,10,12-14H2,1H3/t15-,16?/m0/s1. The first-order valence-corrected chi connectivity index (χ1v) is 13.7. The molecule has 0 amide bonds. The summed E-state index contributed by atoms with van der Waals surface area (Å²) in [6, 6.07) is 1.70. The van der Waals surface area contributed by atoms with E-state index in [1.165, 1.54) is 11.8 Å². The van der Waals surface area contributed by atoms with Crippen LogP contribution in [-0.4, -0.2) is 70.2 Å². The minimum absolute atomic E-state index is 0.0147. The Labute approximate surface area is 220 Å². The fourth-order valence-corrected chi connectivity index (χ4v) is 6.97. The van der Waals surface area contributed by atoms with Crippen LogP contribution in [-0.2, 0) is 11.3 Å². The Kier molecular flexibility index (Phi) is 7.63. The normalized spacial score (nSPS) is 24.0. The first kappa shape index (κ1) is 25.3. The highest BCUT2D eigenvalue weighted by Gasteiger charge is 2.41. The van der Waals surface area contributed by atoms with Crippen LogP contribution in [0.1, 0.15) is 44.7 Å². The maximum absolute atomic E-state index is 10.1. The molecule has 8 nitrogen and oxygen atoms in total. The highest BCUT2D eigenvalue weighted by atomic mass is 35.5. The van der Waals surface area contributed by atoms with E-state index in [-0.39, 0.29) is 24.7 Å². The summed E-state index contributed by atoms with van der Waals surface area (Å²) in [5.74, 6) is 1.32. The second-order valence-electron chi connectivity index (χ2n) is 9.80. The number of nitrogens with zero attached hydrogens (tertiary/aromatic N) is 5. The number of aromatic nitrogens is 3. The van der Waals surface area contributed by atoms with Gasteiger partial charge in [-0.25, -0.2) is 15.0 Å². The second-order valence-corrected chi connectivity index (χ2v) is 11.6. The van der Waals surface area contributed by atoms with Gasteiger partial charge in [-0.15, -0.1) is 0 Å². The van der Waals surface area contributed by atoms with E-state index in [2.05, 4.69) is 16.8 Å². The number of aliphatic hydroxyl groups is 2. The summed E-state index contributed by atoms with van der Waals surface area (Å²) in [7, 11) is 0. The molecule has 190 valence electrons. The van der Waals surface area contributed by atoms with Crippen molar-refractivity contribution in [3.8, 4) is 0 Å². The molecule has 0 saturated carbocycles. The summed E-state index contributed by atoms with van der Waals surface area (Å²) >= 11 is 14.4. The number of ether oxygens (including phenoxy) is 1. The zero-order valence-electron chi connectivity index (χ0n) is 19.8. The number of pyridine rings is 1. The first-order chi connectivity index (χ1) is 16.9. The average Bonchev–Trinajstić information content (AvgIpc) is 3.48. The number of anilines is 2. The van der Waals surface area contributed by atoms with Gasteiger partial charge in [0.15, 0.2) is 11.6 Å². The van der Waals surface area contributed by atoms with E-state index in [9.17, 15) is 10.2 Å². The van der Waals surface area contributed by atoms with E-state index in [0.29, 0.717) is 37.7 Å². The molecule has 2 aromatic rings. The van der Waals surface area contributed by atoms with Gasteiger partial charge >= 0.3 is 0 Å². The second kappa shape index (κ2) is 10.6. The highest BCUT2D eigenvalue weighted by molar-refractivity contribution is 7.99. The molecule has 11 heteroatoms. The predicted molar refractivity (Wildman–Crippen MR) is 138 cm³/mol. The van der Waals surface area contributed by atoms with Gasteiger partial charge in [0.05, 0.1) is 43.2 Å². The smallest absolute Gasteiger partial charge is 0.152 e. The number of halogens is 2. The molecule has 1 unspecified atom stereocenters. The molecule has 0 radical (unpaired) electrons. The fraction of sp³-hybridized carbons (Fsp3) is 0.625. The lowest BCUT2D eigenvalue weighted by molar-refractivity contribution is 0.0975. The van der Waals surface area contributed by atoms with E-state index in [4.69, 9.17) is 37.9 Å².